The summed E-state index contributed by atoms with van der Waals surface area (Å²) in [5, 5.41) is 3.29. The third kappa shape index (κ3) is 3.52. The van der Waals surface area contributed by atoms with Gasteiger partial charge in [-0.05, 0) is 42.8 Å². The van der Waals surface area contributed by atoms with Gasteiger partial charge < -0.3 is 14.8 Å². The molecule has 0 spiro atoms. The second-order valence-electron chi connectivity index (χ2n) is 4.98. The Morgan fingerprint density at radius 2 is 1.70 bits per heavy atom. The maximum atomic E-state index is 5.88. The van der Waals surface area contributed by atoms with Crippen LogP contribution in [-0.4, -0.2) is 19.2 Å². The lowest BCUT2D eigenvalue weighted by Gasteiger charge is -2.13. The van der Waals surface area contributed by atoms with Gasteiger partial charge in [-0.1, -0.05) is 30.3 Å². The molecule has 1 aliphatic rings. The summed E-state index contributed by atoms with van der Waals surface area (Å²) in [7, 11) is 0. The van der Waals surface area contributed by atoms with Gasteiger partial charge in [-0.2, -0.15) is 0 Å². The molecule has 1 N–H and O–H groups in total. The zero-order valence-corrected chi connectivity index (χ0v) is 11.4. The zero-order chi connectivity index (χ0) is 13.6. The van der Waals surface area contributed by atoms with Crippen molar-refractivity contribution in [3.05, 3.63) is 60.2 Å². The van der Waals surface area contributed by atoms with Crippen molar-refractivity contribution in [2.24, 2.45) is 0 Å². The third-order valence-electron chi connectivity index (χ3n) is 3.39. The van der Waals surface area contributed by atoms with Crippen LogP contribution in [-0.2, 0) is 6.61 Å². The standard InChI is InChI=1S/C17H19NO2/c1-2-4-14(5-3-1)13-19-15-6-8-16(9-7-15)20-17-10-11-18-12-17/h1-9,17-18H,10-13H2/t17-/m1/s1. The molecule has 3 heteroatoms. The van der Waals surface area contributed by atoms with Gasteiger partial charge >= 0.3 is 0 Å². The molecule has 3 rings (SSSR count). The molecule has 0 aliphatic carbocycles. The smallest absolute Gasteiger partial charge is 0.120 e. The molecule has 1 fully saturated rings. The SMILES string of the molecule is c1ccc(COc2ccc(O[C@@H]3CCNC3)cc2)cc1. The maximum absolute atomic E-state index is 5.88. The van der Waals surface area contributed by atoms with E-state index in [1.165, 1.54) is 5.56 Å². The Balaban J connectivity index is 1.53. The summed E-state index contributed by atoms with van der Waals surface area (Å²) in [6.07, 6.45) is 1.37. The van der Waals surface area contributed by atoms with Gasteiger partial charge in [0.05, 0.1) is 0 Å². The molecule has 20 heavy (non-hydrogen) atoms. The molecule has 2 aromatic carbocycles. The van der Waals surface area contributed by atoms with Crippen molar-refractivity contribution in [2.45, 2.75) is 19.1 Å². The summed E-state index contributed by atoms with van der Waals surface area (Å²) in [4.78, 5) is 0. The molecular weight excluding hydrogens is 250 g/mol. The van der Waals surface area contributed by atoms with Gasteiger partial charge in [-0.25, -0.2) is 0 Å². The van der Waals surface area contributed by atoms with Crippen molar-refractivity contribution in [3.63, 3.8) is 0 Å². The molecule has 0 radical (unpaired) electrons. The second-order valence-corrected chi connectivity index (χ2v) is 4.98. The Labute approximate surface area is 119 Å². The molecule has 0 aromatic heterocycles. The fourth-order valence-corrected chi connectivity index (χ4v) is 2.28. The first-order valence-electron chi connectivity index (χ1n) is 7.04. The molecule has 1 atom stereocenters. The van der Waals surface area contributed by atoms with Gasteiger partial charge in [0.2, 0.25) is 0 Å². The largest absolute Gasteiger partial charge is 0.489 e. The lowest BCUT2D eigenvalue weighted by Crippen LogP contribution is -2.19. The van der Waals surface area contributed by atoms with Crippen LogP contribution in [0.15, 0.2) is 54.6 Å². The lowest BCUT2D eigenvalue weighted by molar-refractivity contribution is 0.222. The molecule has 104 valence electrons. The van der Waals surface area contributed by atoms with Crippen molar-refractivity contribution in [1.29, 1.82) is 0 Å². The van der Waals surface area contributed by atoms with E-state index in [1.54, 1.807) is 0 Å². The number of nitrogens with one attached hydrogen (secondary N) is 1. The maximum Gasteiger partial charge on any atom is 0.120 e. The molecule has 1 aliphatic heterocycles. The minimum atomic E-state index is 0.297. The Kier molecular flexibility index (Phi) is 4.19. The molecule has 0 unspecified atom stereocenters. The van der Waals surface area contributed by atoms with Crippen molar-refractivity contribution < 1.29 is 9.47 Å². The van der Waals surface area contributed by atoms with Crippen LogP contribution in [0, 0.1) is 0 Å². The minimum Gasteiger partial charge on any atom is -0.489 e. The minimum absolute atomic E-state index is 0.297. The van der Waals surface area contributed by atoms with E-state index in [0.29, 0.717) is 12.7 Å². The van der Waals surface area contributed by atoms with Gasteiger partial charge in [-0.15, -0.1) is 0 Å². The molecule has 1 heterocycles. The monoisotopic (exact) mass is 269 g/mol. The molecule has 0 saturated carbocycles. The van der Waals surface area contributed by atoms with Crippen LogP contribution in [0.3, 0.4) is 0 Å². The first kappa shape index (κ1) is 13.0. The predicted octanol–water partition coefficient (Wildman–Crippen LogP) is 3.01. The van der Waals surface area contributed by atoms with Crippen LogP contribution in [0.4, 0.5) is 0 Å². The zero-order valence-electron chi connectivity index (χ0n) is 11.4. The van der Waals surface area contributed by atoms with Gasteiger partial charge in [0.25, 0.3) is 0 Å². The molecule has 3 nitrogen and oxygen atoms in total. The summed E-state index contributed by atoms with van der Waals surface area (Å²) >= 11 is 0. The van der Waals surface area contributed by atoms with Crippen LogP contribution in [0.25, 0.3) is 0 Å². The normalized spacial score (nSPS) is 17.9. The highest BCUT2D eigenvalue weighted by molar-refractivity contribution is 5.31. The summed E-state index contributed by atoms with van der Waals surface area (Å²) in [6.45, 7) is 2.57. The van der Waals surface area contributed by atoms with E-state index in [0.717, 1.165) is 31.0 Å². The van der Waals surface area contributed by atoms with E-state index in [-0.39, 0.29) is 0 Å². The van der Waals surface area contributed by atoms with Gasteiger partial charge in [-0.3, -0.25) is 0 Å². The highest BCUT2D eigenvalue weighted by Gasteiger charge is 2.15. The van der Waals surface area contributed by atoms with Crippen LogP contribution in [0.1, 0.15) is 12.0 Å². The van der Waals surface area contributed by atoms with E-state index in [1.807, 2.05) is 42.5 Å². The fourth-order valence-electron chi connectivity index (χ4n) is 2.28. The summed E-state index contributed by atoms with van der Waals surface area (Å²) in [5.41, 5.74) is 1.17. The second kappa shape index (κ2) is 6.44. The van der Waals surface area contributed by atoms with E-state index >= 15 is 0 Å². The molecule has 1 saturated heterocycles. The quantitative estimate of drug-likeness (QED) is 0.905. The molecule has 0 amide bonds. The van der Waals surface area contributed by atoms with E-state index in [2.05, 4.69) is 17.4 Å². The Morgan fingerprint density at radius 3 is 2.40 bits per heavy atom. The van der Waals surface area contributed by atoms with E-state index in [9.17, 15) is 0 Å². The number of benzene rings is 2. The van der Waals surface area contributed by atoms with E-state index in [4.69, 9.17) is 9.47 Å². The van der Waals surface area contributed by atoms with Gasteiger partial charge in [0.1, 0.15) is 24.2 Å². The first-order valence-corrected chi connectivity index (χ1v) is 7.04. The van der Waals surface area contributed by atoms with Gasteiger partial charge in [0, 0.05) is 6.54 Å². The van der Waals surface area contributed by atoms with Crippen molar-refractivity contribution >= 4 is 0 Å². The number of hydrogen-bond donors (Lipinski definition) is 1. The average molecular weight is 269 g/mol. The summed E-state index contributed by atoms with van der Waals surface area (Å²) in [6, 6.07) is 18.0. The predicted molar refractivity (Wildman–Crippen MR) is 79.1 cm³/mol. The lowest BCUT2D eigenvalue weighted by atomic mass is 10.2. The topological polar surface area (TPSA) is 30.5 Å². The Bertz CT molecular complexity index is 518. The molecule has 2 aromatic rings. The highest BCUT2D eigenvalue weighted by atomic mass is 16.5. The number of ether oxygens (including phenoxy) is 2. The summed E-state index contributed by atoms with van der Waals surface area (Å²) < 4.78 is 11.6. The highest BCUT2D eigenvalue weighted by Crippen LogP contribution is 2.20. The Morgan fingerprint density at radius 1 is 0.950 bits per heavy atom. The fraction of sp³-hybridized carbons (Fsp3) is 0.294. The van der Waals surface area contributed by atoms with Crippen LogP contribution < -0.4 is 14.8 Å². The average Bonchev–Trinajstić information content (AvgIpc) is 3.01. The van der Waals surface area contributed by atoms with Crippen molar-refractivity contribution in [2.75, 3.05) is 13.1 Å². The van der Waals surface area contributed by atoms with E-state index < -0.39 is 0 Å². The van der Waals surface area contributed by atoms with Gasteiger partial charge in [0.15, 0.2) is 0 Å². The molecular formula is C17H19NO2. The third-order valence-corrected chi connectivity index (χ3v) is 3.39. The Hall–Kier alpha value is -2.00. The number of rotatable bonds is 5. The van der Waals surface area contributed by atoms with Crippen LogP contribution >= 0.6 is 0 Å². The van der Waals surface area contributed by atoms with Crippen molar-refractivity contribution in [3.8, 4) is 11.5 Å². The van der Waals surface area contributed by atoms with Crippen LogP contribution in [0.5, 0.6) is 11.5 Å². The number of hydrogen-bond acceptors (Lipinski definition) is 3. The summed E-state index contributed by atoms with van der Waals surface area (Å²) in [5.74, 6) is 1.77. The van der Waals surface area contributed by atoms with Crippen LogP contribution in [0.2, 0.25) is 0 Å². The van der Waals surface area contributed by atoms with Crippen molar-refractivity contribution in [1.82, 2.24) is 5.32 Å². The first-order chi connectivity index (χ1) is 9.90. The molecule has 0 bridgehead atoms.